The molecule has 0 aliphatic carbocycles. The fraction of sp³-hybridized carbons (Fsp3) is 0.667. The summed E-state index contributed by atoms with van der Waals surface area (Å²) in [5.74, 6) is -1.40. The molecule has 2 aromatic rings. The zero-order valence-electron chi connectivity index (χ0n) is 19.6. The molecule has 22 heteroatoms. The van der Waals surface area contributed by atoms with Gasteiger partial charge in [0.2, 0.25) is 5.95 Å². The molecule has 2 saturated heterocycles. The number of hydrogen-bond donors (Lipinski definition) is 6. The van der Waals surface area contributed by atoms with Crippen molar-refractivity contribution in [3.8, 4) is 0 Å². The van der Waals surface area contributed by atoms with Gasteiger partial charge in [0.05, 0.1) is 12.9 Å². The Hall–Kier alpha value is -1.56. The third-order valence-corrected chi connectivity index (χ3v) is 9.59. The van der Waals surface area contributed by atoms with Gasteiger partial charge < -0.3 is 39.5 Å². The molecule has 7 N–H and O–H groups in total. The lowest BCUT2D eigenvalue weighted by atomic mass is 9.83. The maximum absolute atomic E-state index is 12.3. The van der Waals surface area contributed by atoms with Crippen LogP contribution in [0.4, 0.5) is 5.95 Å². The number of nitrogens with zero attached hydrogens (tertiary/aromatic N) is 3. The van der Waals surface area contributed by atoms with Crippen molar-refractivity contribution in [1.82, 2.24) is 19.5 Å². The van der Waals surface area contributed by atoms with Gasteiger partial charge in [0.1, 0.15) is 17.3 Å². The number of aromatic nitrogens is 4. The Morgan fingerprint density at radius 2 is 1.70 bits per heavy atom. The highest BCUT2D eigenvalue weighted by Crippen LogP contribution is 2.67. The van der Waals surface area contributed by atoms with Gasteiger partial charge >= 0.3 is 23.5 Å². The molecule has 0 radical (unpaired) electrons. The van der Waals surface area contributed by atoms with E-state index >= 15 is 0 Å². The van der Waals surface area contributed by atoms with Crippen LogP contribution in [0.5, 0.6) is 0 Å². The molecule has 208 valence electrons. The lowest BCUT2D eigenvalue weighted by molar-refractivity contribution is -0.224. The molecule has 4 rings (SSSR count). The van der Waals surface area contributed by atoms with Crippen molar-refractivity contribution >= 4 is 40.6 Å². The maximum atomic E-state index is 12.3. The standard InChI is InChI=1S/C15H24N5O14P3/c1-13(2)31-14(3)7(5-29-36(25,26)34-37(27,28)33-35(22,23)24)30-11(15(14,4)32-13)20-6-17-8-9(20)18-12(16)19-10(8)21/h6-7,11H,5H2,1-4H3,(H,25,26)(H,27,28)(H2,22,23,24)(H3,16,18,19,21)/t7-,11-,14?,15+/m1/s1. The number of hydrogen-bond acceptors (Lipinski definition) is 13. The van der Waals surface area contributed by atoms with Crippen LogP contribution in [0, 0.1) is 0 Å². The molecular weight excluding hydrogens is 567 g/mol. The molecule has 0 saturated carbocycles. The van der Waals surface area contributed by atoms with Crippen LogP contribution in [-0.2, 0) is 41.1 Å². The molecule has 6 atom stereocenters. The molecule has 37 heavy (non-hydrogen) atoms. The molecule has 19 nitrogen and oxygen atoms in total. The van der Waals surface area contributed by atoms with Gasteiger partial charge in [0.25, 0.3) is 5.56 Å². The molecule has 3 unspecified atom stereocenters. The first kappa shape index (κ1) is 28.4. The summed E-state index contributed by atoms with van der Waals surface area (Å²) in [5.41, 5.74) is 2.25. The van der Waals surface area contributed by atoms with Gasteiger partial charge in [-0.1, -0.05) is 0 Å². The number of H-pyrrole nitrogens is 1. The van der Waals surface area contributed by atoms with E-state index in [0.717, 1.165) is 0 Å². The molecule has 2 aliphatic rings. The molecule has 2 fully saturated rings. The molecule has 2 aliphatic heterocycles. The molecule has 2 aromatic heterocycles. The zero-order valence-corrected chi connectivity index (χ0v) is 22.3. The molecule has 0 aromatic carbocycles. The van der Waals surface area contributed by atoms with Crippen molar-refractivity contribution in [2.75, 3.05) is 12.3 Å². The van der Waals surface area contributed by atoms with Crippen molar-refractivity contribution in [2.24, 2.45) is 0 Å². The summed E-state index contributed by atoms with van der Waals surface area (Å²) in [6.45, 7) is 5.56. The van der Waals surface area contributed by atoms with Crippen molar-refractivity contribution in [3.05, 3.63) is 16.7 Å². The quantitative estimate of drug-likeness (QED) is 0.224. The lowest BCUT2D eigenvalue weighted by Crippen LogP contribution is -2.52. The first-order valence-corrected chi connectivity index (χ1v) is 14.8. The van der Waals surface area contributed by atoms with E-state index in [0.29, 0.717) is 0 Å². The largest absolute Gasteiger partial charge is 0.490 e. The number of phosphoric ester groups is 1. The van der Waals surface area contributed by atoms with Crippen LogP contribution in [0.2, 0.25) is 0 Å². The van der Waals surface area contributed by atoms with Crippen LogP contribution in [0.15, 0.2) is 11.1 Å². The van der Waals surface area contributed by atoms with Gasteiger partial charge in [0, 0.05) is 0 Å². The highest BCUT2D eigenvalue weighted by Gasteiger charge is 2.72. The third-order valence-electron chi connectivity index (χ3n) is 5.79. The highest BCUT2D eigenvalue weighted by molar-refractivity contribution is 7.66. The number of aromatic amines is 1. The minimum absolute atomic E-state index is 0.0386. The normalized spacial score (nSPS) is 32.8. The molecule has 0 bridgehead atoms. The molecule has 0 amide bonds. The Morgan fingerprint density at radius 1 is 1.08 bits per heavy atom. The van der Waals surface area contributed by atoms with E-state index in [1.54, 1.807) is 27.7 Å². The summed E-state index contributed by atoms with van der Waals surface area (Å²) in [5, 5.41) is 0. The van der Waals surface area contributed by atoms with E-state index in [1.807, 2.05) is 0 Å². The summed E-state index contributed by atoms with van der Waals surface area (Å²) >= 11 is 0. The number of ether oxygens (including phenoxy) is 3. The second-order valence-electron chi connectivity index (χ2n) is 8.96. The van der Waals surface area contributed by atoms with Crippen LogP contribution in [0.25, 0.3) is 11.2 Å². The van der Waals surface area contributed by atoms with Crippen LogP contribution < -0.4 is 11.3 Å². The Labute approximate surface area is 207 Å². The maximum Gasteiger partial charge on any atom is 0.490 e. The monoisotopic (exact) mass is 591 g/mol. The predicted molar refractivity (Wildman–Crippen MR) is 119 cm³/mol. The van der Waals surface area contributed by atoms with Crippen molar-refractivity contribution < 1.29 is 60.6 Å². The van der Waals surface area contributed by atoms with Crippen LogP contribution in [0.3, 0.4) is 0 Å². The summed E-state index contributed by atoms with van der Waals surface area (Å²) in [4.78, 5) is 59.3. The summed E-state index contributed by atoms with van der Waals surface area (Å²) in [6, 6.07) is 0. The van der Waals surface area contributed by atoms with Crippen LogP contribution in [-0.4, -0.2) is 68.8 Å². The molecule has 4 heterocycles. The van der Waals surface area contributed by atoms with Gasteiger partial charge in [-0.2, -0.15) is 13.6 Å². The second-order valence-corrected chi connectivity index (χ2v) is 13.4. The van der Waals surface area contributed by atoms with E-state index < -0.39 is 65.0 Å². The fourth-order valence-corrected chi connectivity index (χ4v) is 7.47. The van der Waals surface area contributed by atoms with Crippen LogP contribution in [0.1, 0.15) is 33.9 Å². The fourth-order valence-electron chi connectivity index (χ4n) is 4.45. The first-order valence-electron chi connectivity index (χ1n) is 10.2. The summed E-state index contributed by atoms with van der Waals surface area (Å²) in [7, 11) is -16.7. The van der Waals surface area contributed by atoms with Gasteiger partial charge in [0.15, 0.2) is 23.2 Å². The number of nitrogen functional groups attached to an aromatic ring is 1. The number of nitrogens with two attached hydrogens (primary N) is 1. The van der Waals surface area contributed by atoms with Gasteiger partial charge in [-0.25, -0.2) is 18.7 Å². The number of imidazole rings is 1. The zero-order chi connectivity index (χ0) is 27.8. The number of nitrogens with one attached hydrogen (secondary N) is 1. The Balaban J connectivity index is 1.65. The number of rotatable bonds is 8. The van der Waals surface area contributed by atoms with Crippen molar-refractivity contribution in [3.63, 3.8) is 0 Å². The lowest BCUT2D eigenvalue weighted by Gasteiger charge is -2.34. The van der Waals surface area contributed by atoms with Crippen molar-refractivity contribution in [1.29, 1.82) is 0 Å². The van der Waals surface area contributed by atoms with E-state index in [4.69, 9.17) is 34.3 Å². The SMILES string of the molecule is CC1(C)OC2(C)[C@@H](COP(=O)(O)OP(=O)(O)OP(=O)(O)O)O[C@@H](n3cnc4c(=O)[nH]c(N)nc43)[C@]2(C)O1. The van der Waals surface area contributed by atoms with E-state index in [2.05, 4.69) is 23.6 Å². The summed E-state index contributed by atoms with van der Waals surface area (Å²) < 4.78 is 66.6. The van der Waals surface area contributed by atoms with Gasteiger partial charge in [-0.3, -0.25) is 18.9 Å². The van der Waals surface area contributed by atoms with Crippen LogP contribution >= 0.6 is 23.5 Å². The summed E-state index contributed by atoms with van der Waals surface area (Å²) in [6.07, 6.45) is -1.10. The number of phosphoric acid groups is 3. The smallest absolute Gasteiger partial charge is 0.369 e. The third kappa shape index (κ3) is 5.33. The predicted octanol–water partition coefficient (Wildman–Crippen LogP) is 0.243. The Morgan fingerprint density at radius 3 is 2.32 bits per heavy atom. The van der Waals surface area contributed by atoms with E-state index in [9.17, 15) is 28.3 Å². The Bertz CT molecular complexity index is 1440. The van der Waals surface area contributed by atoms with E-state index in [1.165, 1.54) is 10.9 Å². The topological polar surface area (TPSA) is 277 Å². The Kier molecular flexibility index (Phi) is 6.71. The van der Waals surface area contributed by atoms with Crippen molar-refractivity contribution in [2.45, 2.75) is 57.0 Å². The minimum Gasteiger partial charge on any atom is -0.369 e. The molecular formula is C15H24N5O14P3. The average molecular weight is 591 g/mol. The van der Waals surface area contributed by atoms with Gasteiger partial charge in [-0.15, -0.1) is 0 Å². The average Bonchev–Trinajstić information content (AvgIpc) is 3.20. The number of fused-ring (bicyclic) bond motifs is 2. The minimum atomic E-state index is -5.72. The first-order chi connectivity index (χ1) is 16.7. The highest BCUT2D eigenvalue weighted by atomic mass is 31.3. The van der Waals surface area contributed by atoms with Gasteiger partial charge in [-0.05, 0) is 27.7 Å². The van der Waals surface area contributed by atoms with E-state index in [-0.39, 0.29) is 17.1 Å². The number of anilines is 1. The second kappa shape index (κ2) is 8.72. The molecule has 0 spiro atoms.